The number of nitrogens with zero attached hydrogens (tertiary/aromatic N) is 3. The minimum absolute atomic E-state index is 0.166. The van der Waals surface area contributed by atoms with Crippen LogP contribution in [0.1, 0.15) is 12.5 Å². The number of aromatic nitrogens is 2. The van der Waals surface area contributed by atoms with Gasteiger partial charge in [-0.1, -0.05) is 54.2 Å². The van der Waals surface area contributed by atoms with Crippen LogP contribution in [0.4, 0.5) is 4.39 Å². The molecule has 2 heterocycles. The Labute approximate surface area is 137 Å². The summed E-state index contributed by atoms with van der Waals surface area (Å²) < 4.78 is 14.9. The molecule has 3 aromatic rings. The maximum Gasteiger partial charge on any atom is 0.190 e. The highest BCUT2D eigenvalue weighted by Crippen LogP contribution is 2.32. The van der Waals surface area contributed by atoms with Crippen molar-refractivity contribution in [1.82, 2.24) is 9.66 Å². The molecule has 2 aromatic carbocycles. The first-order valence-corrected chi connectivity index (χ1v) is 8.25. The Morgan fingerprint density at radius 3 is 2.48 bits per heavy atom. The monoisotopic (exact) mass is 323 g/mol. The molecule has 0 saturated carbocycles. The zero-order chi connectivity index (χ0) is 15.8. The summed E-state index contributed by atoms with van der Waals surface area (Å²) in [5.74, 6) is -0.236. The third kappa shape index (κ3) is 2.68. The van der Waals surface area contributed by atoms with Gasteiger partial charge < -0.3 is 0 Å². The van der Waals surface area contributed by atoms with Crippen LogP contribution in [0.25, 0.3) is 11.3 Å². The molecule has 1 aromatic heterocycles. The van der Waals surface area contributed by atoms with E-state index in [4.69, 9.17) is 5.10 Å². The maximum absolute atomic E-state index is 13.1. The highest BCUT2D eigenvalue weighted by atomic mass is 32.2. The van der Waals surface area contributed by atoms with Crippen LogP contribution in [0.2, 0.25) is 0 Å². The largest absolute Gasteiger partial charge is 0.221 e. The van der Waals surface area contributed by atoms with Crippen LogP contribution in [0.15, 0.2) is 71.1 Å². The minimum atomic E-state index is -0.236. The van der Waals surface area contributed by atoms with Crippen molar-refractivity contribution in [3.63, 3.8) is 0 Å². The van der Waals surface area contributed by atoms with Crippen LogP contribution in [-0.2, 0) is 0 Å². The second-order valence-electron chi connectivity index (χ2n) is 5.37. The normalized spacial score (nSPS) is 16.8. The Morgan fingerprint density at radius 1 is 1.00 bits per heavy atom. The number of hydrogen-bond donors (Lipinski definition) is 0. The molecular weight excluding hydrogens is 309 g/mol. The second-order valence-corrected chi connectivity index (χ2v) is 6.68. The van der Waals surface area contributed by atoms with Crippen molar-refractivity contribution in [2.24, 2.45) is 5.10 Å². The van der Waals surface area contributed by atoms with Crippen molar-refractivity contribution in [2.75, 3.05) is 0 Å². The van der Waals surface area contributed by atoms with Gasteiger partial charge in [-0.05, 0) is 24.6 Å². The molecule has 1 atom stereocenters. The summed E-state index contributed by atoms with van der Waals surface area (Å²) in [4.78, 5) is 4.67. The van der Waals surface area contributed by atoms with E-state index in [1.165, 1.54) is 12.1 Å². The Bertz CT molecular complexity index is 869. The molecule has 0 bridgehead atoms. The van der Waals surface area contributed by atoms with Gasteiger partial charge >= 0.3 is 0 Å². The molecule has 0 spiro atoms. The maximum atomic E-state index is 13.1. The highest BCUT2D eigenvalue weighted by molar-refractivity contribution is 8.00. The molecule has 5 heteroatoms. The van der Waals surface area contributed by atoms with E-state index in [0.29, 0.717) is 0 Å². The van der Waals surface area contributed by atoms with Crippen molar-refractivity contribution < 1.29 is 4.39 Å². The molecule has 0 aliphatic carbocycles. The molecule has 0 amide bonds. The third-order valence-electron chi connectivity index (χ3n) is 3.75. The van der Waals surface area contributed by atoms with Crippen molar-refractivity contribution in [3.8, 4) is 11.3 Å². The average Bonchev–Trinajstić information content (AvgIpc) is 2.98. The quantitative estimate of drug-likeness (QED) is 0.698. The van der Waals surface area contributed by atoms with Crippen LogP contribution < -0.4 is 0 Å². The third-order valence-corrected chi connectivity index (χ3v) is 4.81. The van der Waals surface area contributed by atoms with Crippen molar-refractivity contribution in [2.45, 2.75) is 17.3 Å². The first-order valence-electron chi connectivity index (χ1n) is 7.37. The Balaban J connectivity index is 1.75. The lowest BCUT2D eigenvalue weighted by Gasteiger charge is -2.19. The number of thioether (sulfide) groups is 1. The van der Waals surface area contributed by atoms with Crippen LogP contribution >= 0.6 is 11.8 Å². The number of imidazole rings is 1. The zero-order valence-corrected chi connectivity index (χ0v) is 13.3. The molecule has 0 radical (unpaired) electrons. The van der Waals surface area contributed by atoms with E-state index < -0.39 is 0 Å². The van der Waals surface area contributed by atoms with Gasteiger partial charge in [0.2, 0.25) is 0 Å². The zero-order valence-electron chi connectivity index (χ0n) is 12.5. The predicted octanol–water partition coefficient (Wildman–Crippen LogP) is 4.44. The van der Waals surface area contributed by atoms with Gasteiger partial charge in [0.25, 0.3) is 0 Å². The van der Waals surface area contributed by atoms with E-state index in [1.54, 1.807) is 23.9 Å². The summed E-state index contributed by atoms with van der Waals surface area (Å²) in [5.41, 5.74) is 3.84. The summed E-state index contributed by atoms with van der Waals surface area (Å²) in [6, 6.07) is 16.5. The van der Waals surface area contributed by atoms with Crippen LogP contribution in [0.5, 0.6) is 0 Å². The number of rotatable bonds is 2. The van der Waals surface area contributed by atoms with E-state index in [2.05, 4.69) is 11.9 Å². The standard InChI is InChI=1S/C18H14FN3S/c1-12-17(14-7-9-15(19)10-8-14)21-22-11-16(20-18(22)23-12)13-5-3-2-4-6-13/h2-12H,1H3. The van der Waals surface area contributed by atoms with E-state index in [0.717, 1.165) is 27.7 Å². The van der Waals surface area contributed by atoms with Crippen LogP contribution in [0, 0.1) is 5.82 Å². The second kappa shape index (κ2) is 5.66. The molecule has 114 valence electrons. The van der Waals surface area contributed by atoms with E-state index in [1.807, 2.05) is 41.2 Å². The summed E-state index contributed by atoms with van der Waals surface area (Å²) >= 11 is 1.66. The van der Waals surface area contributed by atoms with Crippen molar-refractivity contribution >= 4 is 17.5 Å². The molecule has 0 fully saturated rings. The van der Waals surface area contributed by atoms with Gasteiger partial charge in [0.05, 0.1) is 22.9 Å². The smallest absolute Gasteiger partial charge is 0.190 e. The fourth-order valence-corrected chi connectivity index (χ4v) is 3.54. The summed E-state index contributed by atoms with van der Waals surface area (Å²) in [5, 5.41) is 5.74. The van der Waals surface area contributed by atoms with Gasteiger partial charge in [-0.3, -0.25) is 0 Å². The fourth-order valence-electron chi connectivity index (χ4n) is 2.58. The molecule has 0 saturated heterocycles. The topological polar surface area (TPSA) is 30.2 Å². The van der Waals surface area contributed by atoms with Crippen LogP contribution in [-0.4, -0.2) is 20.6 Å². The predicted molar refractivity (Wildman–Crippen MR) is 91.3 cm³/mol. The number of fused-ring (bicyclic) bond motifs is 1. The van der Waals surface area contributed by atoms with Gasteiger partial charge in [-0.25, -0.2) is 14.1 Å². The molecule has 23 heavy (non-hydrogen) atoms. The van der Waals surface area contributed by atoms with Gasteiger partial charge in [0.15, 0.2) is 5.16 Å². The summed E-state index contributed by atoms with van der Waals surface area (Å²) in [6.07, 6.45) is 1.94. The number of halogens is 1. The molecule has 3 nitrogen and oxygen atoms in total. The summed E-state index contributed by atoms with van der Waals surface area (Å²) in [7, 11) is 0. The highest BCUT2D eigenvalue weighted by Gasteiger charge is 2.24. The van der Waals surface area contributed by atoms with Crippen molar-refractivity contribution in [1.29, 1.82) is 0 Å². The average molecular weight is 323 g/mol. The van der Waals surface area contributed by atoms with E-state index in [-0.39, 0.29) is 11.1 Å². The molecule has 1 aliphatic rings. The van der Waals surface area contributed by atoms with Crippen molar-refractivity contribution in [3.05, 3.63) is 72.2 Å². The van der Waals surface area contributed by atoms with Gasteiger partial charge in [-0.2, -0.15) is 5.10 Å². The number of benzene rings is 2. The van der Waals surface area contributed by atoms with E-state index >= 15 is 0 Å². The first kappa shape index (κ1) is 14.2. The molecule has 1 unspecified atom stereocenters. The summed E-state index contributed by atoms with van der Waals surface area (Å²) in [6.45, 7) is 2.09. The van der Waals surface area contributed by atoms with Gasteiger partial charge in [0, 0.05) is 5.56 Å². The Kier molecular flexibility index (Phi) is 3.50. The lowest BCUT2D eigenvalue weighted by Crippen LogP contribution is -2.21. The lowest BCUT2D eigenvalue weighted by atomic mass is 10.1. The number of hydrogen-bond acceptors (Lipinski definition) is 3. The molecular formula is C18H14FN3S. The SMILES string of the molecule is CC1Sc2nc(-c3ccccc3)cn2N=C1c1ccc(F)cc1. The van der Waals surface area contributed by atoms with Gasteiger partial charge in [0.1, 0.15) is 5.82 Å². The Morgan fingerprint density at radius 2 is 1.74 bits per heavy atom. The first-order chi connectivity index (χ1) is 11.2. The fraction of sp³-hybridized carbons (Fsp3) is 0.111. The van der Waals surface area contributed by atoms with Crippen LogP contribution in [0.3, 0.4) is 0 Å². The molecule has 0 N–H and O–H groups in total. The Hall–Kier alpha value is -2.40. The molecule has 4 rings (SSSR count). The molecule has 1 aliphatic heterocycles. The van der Waals surface area contributed by atoms with E-state index in [9.17, 15) is 4.39 Å². The lowest BCUT2D eigenvalue weighted by molar-refractivity contribution is 0.627. The minimum Gasteiger partial charge on any atom is -0.221 e. The van der Waals surface area contributed by atoms with Gasteiger partial charge in [-0.15, -0.1) is 0 Å².